The van der Waals surface area contributed by atoms with E-state index in [9.17, 15) is 9.59 Å². The first kappa shape index (κ1) is 12.4. The van der Waals surface area contributed by atoms with Crippen molar-refractivity contribution in [1.29, 1.82) is 0 Å². The molecule has 2 aromatic heterocycles. The molecule has 0 fully saturated rings. The van der Waals surface area contributed by atoms with E-state index in [1.54, 1.807) is 31.5 Å². The van der Waals surface area contributed by atoms with Gasteiger partial charge in [0.1, 0.15) is 0 Å². The molecule has 0 bridgehead atoms. The van der Waals surface area contributed by atoms with E-state index in [1.165, 1.54) is 18.3 Å². The van der Waals surface area contributed by atoms with Gasteiger partial charge in [-0.1, -0.05) is 11.3 Å². The molecule has 0 unspecified atom stereocenters. The van der Waals surface area contributed by atoms with Crippen molar-refractivity contribution in [2.45, 2.75) is 13.8 Å². The van der Waals surface area contributed by atoms with Gasteiger partial charge in [0.05, 0.1) is 10.6 Å². The lowest BCUT2D eigenvalue weighted by Crippen LogP contribution is -2.11. The minimum absolute atomic E-state index is 0.0468. The van der Waals surface area contributed by atoms with Gasteiger partial charge < -0.3 is 0 Å². The SMILES string of the molecule is CC(=O)c1sc(NC(=O)c2ccncc2)nc1C. The summed E-state index contributed by atoms with van der Waals surface area (Å²) in [6, 6.07) is 3.23. The third kappa shape index (κ3) is 2.60. The maximum Gasteiger partial charge on any atom is 0.257 e. The van der Waals surface area contributed by atoms with E-state index in [2.05, 4.69) is 15.3 Å². The van der Waals surface area contributed by atoms with Crippen LogP contribution in [0.2, 0.25) is 0 Å². The molecule has 5 nitrogen and oxygen atoms in total. The highest BCUT2D eigenvalue weighted by Gasteiger charge is 2.13. The normalized spacial score (nSPS) is 10.1. The third-order valence-electron chi connectivity index (χ3n) is 2.28. The van der Waals surface area contributed by atoms with Gasteiger partial charge in [0, 0.05) is 24.9 Å². The predicted molar refractivity (Wildman–Crippen MR) is 69.0 cm³/mol. The van der Waals surface area contributed by atoms with Crippen molar-refractivity contribution in [3.8, 4) is 0 Å². The van der Waals surface area contributed by atoms with Crippen molar-refractivity contribution < 1.29 is 9.59 Å². The number of Topliss-reactive ketones (excluding diaryl/α,β-unsaturated/α-hetero) is 1. The number of carbonyl (C=O) groups excluding carboxylic acids is 2. The number of rotatable bonds is 3. The van der Waals surface area contributed by atoms with Crippen LogP contribution in [0.4, 0.5) is 5.13 Å². The lowest BCUT2D eigenvalue weighted by atomic mass is 10.2. The van der Waals surface area contributed by atoms with E-state index in [0.717, 1.165) is 0 Å². The Morgan fingerprint density at radius 3 is 2.50 bits per heavy atom. The summed E-state index contributed by atoms with van der Waals surface area (Å²) < 4.78 is 0. The number of anilines is 1. The molecule has 0 aliphatic carbocycles. The van der Waals surface area contributed by atoms with Crippen molar-refractivity contribution in [3.63, 3.8) is 0 Å². The van der Waals surface area contributed by atoms with Crippen molar-refractivity contribution in [2.75, 3.05) is 5.32 Å². The first-order valence-corrected chi connectivity index (χ1v) is 6.09. The number of hydrogen-bond acceptors (Lipinski definition) is 5. The fraction of sp³-hybridized carbons (Fsp3) is 0.167. The second kappa shape index (κ2) is 5.05. The van der Waals surface area contributed by atoms with E-state index in [-0.39, 0.29) is 11.7 Å². The molecule has 1 N–H and O–H groups in total. The van der Waals surface area contributed by atoms with Gasteiger partial charge >= 0.3 is 0 Å². The van der Waals surface area contributed by atoms with Crippen LogP contribution in [0.5, 0.6) is 0 Å². The monoisotopic (exact) mass is 261 g/mol. The summed E-state index contributed by atoms with van der Waals surface area (Å²) >= 11 is 1.18. The number of aromatic nitrogens is 2. The molecular formula is C12H11N3O2S. The third-order valence-corrected chi connectivity index (χ3v) is 3.45. The summed E-state index contributed by atoms with van der Waals surface area (Å²) in [5, 5.41) is 3.09. The van der Waals surface area contributed by atoms with Gasteiger partial charge in [0.2, 0.25) is 0 Å². The second-order valence-electron chi connectivity index (χ2n) is 3.68. The van der Waals surface area contributed by atoms with Gasteiger partial charge in [-0.2, -0.15) is 0 Å². The quantitative estimate of drug-likeness (QED) is 0.860. The number of aryl methyl sites for hydroxylation is 1. The zero-order valence-electron chi connectivity index (χ0n) is 9.93. The number of thiazole rings is 1. The summed E-state index contributed by atoms with van der Waals surface area (Å²) in [7, 11) is 0. The number of nitrogens with zero attached hydrogens (tertiary/aromatic N) is 2. The lowest BCUT2D eigenvalue weighted by Gasteiger charge is -1.99. The highest BCUT2D eigenvalue weighted by atomic mass is 32.1. The lowest BCUT2D eigenvalue weighted by molar-refractivity contribution is 0.101. The summed E-state index contributed by atoms with van der Waals surface area (Å²) in [6.07, 6.45) is 3.09. The molecule has 0 radical (unpaired) electrons. The van der Waals surface area contributed by atoms with Gasteiger partial charge in [0.25, 0.3) is 5.91 Å². The highest BCUT2D eigenvalue weighted by molar-refractivity contribution is 7.17. The first-order chi connectivity index (χ1) is 8.58. The van der Waals surface area contributed by atoms with Crippen LogP contribution in [0, 0.1) is 6.92 Å². The molecule has 2 aromatic rings. The summed E-state index contributed by atoms with van der Waals surface area (Å²) in [5.41, 5.74) is 1.14. The number of ketones is 1. The van der Waals surface area contributed by atoms with E-state index >= 15 is 0 Å². The molecule has 0 atom stereocenters. The van der Waals surface area contributed by atoms with Crippen LogP contribution in [0.25, 0.3) is 0 Å². The van der Waals surface area contributed by atoms with Crippen molar-refractivity contribution in [3.05, 3.63) is 40.7 Å². The molecule has 0 saturated heterocycles. The molecule has 2 heterocycles. The smallest absolute Gasteiger partial charge is 0.257 e. The molecular weight excluding hydrogens is 250 g/mol. The Kier molecular flexibility index (Phi) is 3.47. The number of amides is 1. The van der Waals surface area contributed by atoms with Crippen LogP contribution < -0.4 is 5.32 Å². The largest absolute Gasteiger partial charge is 0.298 e. The fourth-order valence-electron chi connectivity index (χ4n) is 1.45. The van der Waals surface area contributed by atoms with Crippen LogP contribution in [-0.4, -0.2) is 21.7 Å². The van der Waals surface area contributed by atoms with E-state index in [4.69, 9.17) is 0 Å². The van der Waals surface area contributed by atoms with Crippen LogP contribution in [0.15, 0.2) is 24.5 Å². The molecule has 1 amide bonds. The second-order valence-corrected chi connectivity index (χ2v) is 4.68. The van der Waals surface area contributed by atoms with Gasteiger partial charge in [-0.25, -0.2) is 4.98 Å². The Hall–Kier alpha value is -2.08. The Morgan fingerprint density at radius 1 is 1.28 bits per heavy atom. The molecule has 92 valence electrons. The van der Waals surface area contributed by atoms with Gasteiger partial charge in [-0.3, -0.25) is 19.9 Å². The maximum atomic E-state index is 11.8. The van der Waals surface area contributed by atoms with Crippen molar-refractivity contribution in [2.24, 2.45) is 0 Å². The number of nitrogens with one attached hydrogen (secondary N) is 1. The molecule has 0 aliphatic heterocycles. The average molecular weight is 261 g/mol. The molecule has 0 aromatic carbocycles. The number of hydrogen-bond donors (Lipinski definition) is 1. The molecule has 18 heavy (non-hydrogen) atoms. The van der Waals surface area contributed by atoms with Crippen LogP contribution in [0.1, 0.15) is 32.6 Å². The molecule has 0 aliphatic rings. The van der Waals surface area contributed by atoms with E-state index in [0.29, 0.717) is 21.3 Å². The van der Waals surface area contributed by atoms with Crippen molar-refractivity contribution >= 4 is 28.2 Å². The van der Waals surface area contributed by atoms with Crippen LogP contribution in [0.3, 0.4) is 0 Å². The fourth-order valence-corrected chi connectivity index (χ4v) is 2.31. The zero-order valence-corrected chi connectivity index (χ0v) is 10.7. The molecule has 0 spiro atoms. The zero-order chi connectivity index (χ0) is 13.1. The maximum absolute atomic E-state index is 11.8. The molecule has 0 saturated carbocycles. The van der Waals surface area contributed by atoms with Gasteiger partial charge in [-0.05, 0) is 19.1 Å². The first-order valence-electron chi connectivity index (χ1n) is 5.27. The summed E-state index contributed by atoms with van der Waals surface area (Å²) in [5.74, 6) is -0.310. The van der Waals surface area contributed by atoms with E-state index in [1.807, 2.05) is 0 Å². The minimum atomic E-state index is -0.263. The van der Waals surface area contributed by atoms with Crippen LogP contribution in [-0.2, 0) is 0 Å². The summed E-state index contributed by atoms with van der Waals surface area (Å²) in [4.78, 5) is 31.7. The summed E-state index contributed by atoms with van der Waals surface area (Å²) in [6.45, 7) is 3.23. The minimum Gasteiger partial charge on any atom is -0.298 e. The standard InChI is InChI=1S/C12H11N3O2S/c1-7-10(8(2)16)18-12(14-7)15-11(17)9-3-5-13-6-4-9/h3-6H,1-2H3,(H,14,15,17). The number of carbonyl (C=O) groups is 2. The molecule has 2 rings (SSSR count). The van der Waals surface area contributed by atoms with Crippen LogP contribution >= 0.6 is 11.3 Å². The molecule has 6 heteroatoms. The Bertz CT molecular complexity index is 593. The Balaban J connectivity index is 2.18. The Morgan fingerprint density at radius 2 is 1.94 bits per heavy atom. The van der Waals surface area contributed by atoms with Gasteiger partial charge in [0.15, 0.2) is 10.9 Å². The van der Waals surface area contributed by atoms with Gasteiger partial charge in [-0.15, -0.1) is 0 Å². The topological polar surface area (TPSA) is 72.0 Å². The average Bonchev–Trinajstić information content (AvgIpc) is 2.71. The highest BCUT2D eigenvalue weighted by Crippen LogP contribution is 2.23. The van der Waals surface area contributed by atoms with E-state index < -0.39 is 0 Å². The number of pyridine rings is 1. The van der Waals surface area contributed by atoms with Crippen molar-refractivity contribution in [1.82, 2.24) is 9.97 Å². The predicted octanol–water partition coefficient (Wildman–Crippen LogP) is 2.30. The Labute approximate surface area is 108 Å².